The minimum absolute atomic E-state index is 0.00175. The van der Waals surface area contributed by atoms with E-state index in [9.17, 15) is 10.1 Å². The van der Waals surface area contributed by atoms with E-state index in [0.29, 0.717) is 0 Å². The van der Waals surface area contributed by atoms with Crippen LogP contribution in [0.15, 0.2) is 12.1 Å². The first kappa shape index (κ1) is 10.9. The monoisotopic (exact) mass is 237 g/mol. The maximum atomic E-state index is 10.7. The number of nitro groups is 1. The molecule has 0 atom stereocenters. The normalized spacial score (nSPS) is 10.4. The zero-order valence-corrected chi connectivity index (χ0v) is 8.62. The van der Waals surface area contributed by atoms with Crippen LogP contribution in [0.1, 0.15) is 0 Å². The van der Waals surface area contributed by atoms with Crippen molar-refractivity contribution in [2.45, 2.75) is 0 Å². The highest BCUT2D eigenvalue weighted by molar-refractivity contribution is 5.81. The quantitative estimate of drug-likeness (QED) is 0.589. The second-order valence-electron chi connectivity index (χ2n) is 3.14. The Labute approximate surface area is 94.3 Å². The summed E-state index contributed by atoms with van der Waals surface area (Å²) in [6, 6.07) is 2.37. The van der Waals surface area contributed by atoms with Crippen molar-refractivity contribution in [1.29, 1.82) is 0 Å². The van der Waals surface area contributed by atoms with E-state index in [1.54, 1.807) is 0 Å². The van der Waals surface area contributed by atoms with Gasteiger partial charge in [-0.15, -0.1) is 0 Å². The molecule has 0 radical (unpaired) electrons. The summed E-state index contributed by atoms with van der Waals surface area (Å²) in [5.74, 6) is -1.33. The molecule has 0 aliphatic rings. The summed E-state index contributed by atoms with van der Waals surface area (Å²) < 4.78 is 4.83. The van der Waals surface area contributed by atoms with Crippen molar-refractivity contribution in [1.82, 2.24) is 9.97 Å². The van der Waals surface area contributed by atoms with E-state index in [2.05, 4.69) is 9.97 Å². The maximum absolute atomic E-state index is 10.7. The van der Waals surface area contributed by atoms with Crippen LogP contribution < -0.4 is 4.74 Å². The molecule has 0 bridgehead atoms. The van der Waals surface area contributed by atoms with Gasteiger partial charge < -0.3 is 14.9 Å². The van der Waals surface area contributed by atoms with Gasteiger partial charge in [-0.3, -0.25) is 10.1 Å². The van der Waals surface area contributed by atoms with Gasteiger partial charge in [0, 0.05) is 12.1 Å². The van der Waals surface area contributed by atoms with Crippen LogP contribution in [0.5, 0.6) is 17.5 Å². The van der Waals surface area contributed by atoms with Crippen molar-refractivity contribution in [2.24, 2.45) is 0 Å². The van der Waals surface area contributed by atoms with E-state index in [1.165, 1.54) is 13.2 Å². The fourth-order valence-corrected chi connectivity index (χ4v) is 1.36. The number of aromatic nitrogens is 2. The van der Waals surface area contributed by atoms with Crippen molar-refractivity contribution in [3.8, 4) is 17.5 Å². The molecule has 0 aliphatic heterocycles. The first-order valence-electron chi connectivity index (χ1n) is 4.45. The summed E-state index contributed by atoms with van der Waals surface area (Å²) in [6.07, 6.45) is 0. The van der Waals surface area contributed by atoms with Gasteiger partial charge in [0.05, 0.1) is 17.5 Å². The van der Waals surface area contributed by atoms with Gasteiger partial charge in [0.25, 0.3) is 11.8 Å². The van der Waals surface area contributed by atoms with Gasteiger partial charge in [-0.1, -0.05) is 0 Å². The molecule has 8 heteroatoms. The SMILES string of the molecule is COc1cc2nc(O)c(O)nc2cc1[N+](=O)[O-]. The van der Waals surface area contributed by atoms with E-state index in [0.717, 1.165) is 6.07 Å². The lowest BCUT2D eigenvalue weighted by Crippen LogP contribution is -1.95. The lowest BCUT2D eigenvalue weighted by Gasteiger charge is -2.04. The molecule has 1 aromatic heterocycles. The molecule has 2 rings (SSSR count). The molecule has 1 heterocycles. The van der Waals surface area contributed by atoms with E-state index in [4.69, 9.17) is 14.9 Å². The fourth-order valence-electron chi connectivity index (χ4n) is 1.36. The van der Waals surface area contributed by atoms with E-state index >= 15 is 0 Å². The molecule has 17 heavy (non-hydrogen) atoms. The van der Waals surface area contributed by atoms with Crippen LogP contribution in [0.4, 0.5) is 5.69 Å². The van der Waals surface area contributed by atoms with Gasteiger partial charge in [-0.2, -0.15) is 0 Å². The van der Waals surface area contributed by atoms with E-state index in [1.807, 2.05) is 0 Å². The molecule has 8 nitrogen and oxygen atoms in total. The average Bonchev–Trinajstić information content (AvgIpc) is 2.29. The van der Waals surface area contributed by atoms with Crippen molar-refractivity contribution < 1.29 is 19.9 Å². The summed E-state index contributed by atoms with van der Waals surface area (Å²) >= 11 is 0. The third-order valence-corrected chi connectivity index (χ3v) is 2.13. The van der Waals surface area contributed by atoms with Crippen LogP contribution in [-0.2, 0) is 0 Å². The number of fused-ring (bicyclic) bond motifs is 1. The van der Waals surface area contributed by atoms with Gasteiger partial charge in [0.1, 0.15) is 5.52 Å². The number of hydrogen-bond acceptors (Lipinski definition) is 7. The van der Waals surface area contributed by atoms with Gasteiger partial charge in [-0.25, -0.2) is 9.97 Å². The van der Waals surface area contributed by atoms with Gasteiger partial charge >= 0.3 is 5.69 Å². The molecule has 2 N–H and O–H groups in total. The maximum Gasteiger partial charge on any atom is 0.313 e. The Morgan fingerprint density at radius 1 is 1.24 bits per heavy atom. The third kappa shape index (κ3) is 1.75. The zero-order valence-electron chi connectivity index (χ0n) is 8.62. The second kappa shape index (κ2) is 3.74. The number of nitro benzene ring substituents is 1. The van der Waals surface area contributed by atoms with Gasteiger partial charge in [0.2, 0.25) is 0 Å². The molecular weight excluding hydrogens is 230 g/mol. The Morgan fingerprint density at radius 2 is 1.76 bits per heavy atom. The van der Waals surface area contributed by atoms with Crippen molar-refractivity contribution in [3.05, 3.63) is 22.2 Å². The first-order valence-corrected chi connectivity index (χ1v) is 4.45. The van der Waals surface area contributed by atoms with Crippen molar-refractivity contribution in [2.75, 3.05) is 7.11 Å². The first-order chi connectivity index (χ1) is 8.02. The predicted molar refractivity (Wildman–Crippen MR) is 56.1 cm³/mol. The summed E-state index contributed by atoms with van der Waals surface area (Å²) in [5.41, 5.74) is -0.0186. The number of ether oxygens (including phenoxy) is 1. The van der Waals surface area contributed by atoms with Crippen LogP contribution in [0.3, 0.4) is 0 Å². The Morgan fingerprint density at radius 3 is 2.24 bits per heavy atom. The topological polar surface area (TPSA) is 119 Å². The largest absolute Gasteiger partial charge is 0.490 e. The lowest BCUT2D eigenvalue weighted by molar-refractivity contribution is -0.385. The van der Waals surface area contributed by atoms with Crippen molar-refractivity contribution >= 4 is 16.7 Å². The fraction of sp³-hybridized carbons (Fsp3) is 0.111. The van der Waals surface area contributed by atoms with Crippen LogP contribution in [0.25, 0.3) is 11.0 Å². The third-order valence-electron chi connectivity index (χ3n) is 2.13. The zero-order chi connectivity index (χ0) is 12.6. The van der Waals surface area contributed by atoms with Gasteiger partial charge in [0.15, 0.2) is 5.75 Å². The van der Waals surface area contributed by atoms with E-state index in [-0.39, 0.29) is 22.5 Å². The van der Waals surface area contributed by atoms with Crippen molar-refractivity contribution in [3.63, 3.8) is 0 Å². The van der Waals surface area contributed by atoms with Crippen LogP contribution >= 0.6 is 0 Å². The Balaban J connectivity index is 2.78. The van der Waals surface area contributed by atoms with Gasteiger partial charge in [-0.05, 0) is 0 Å². The number of methoxy groups -OCH3 is 1. The predicted octanol–water partition coefficient (Wildman–Crippen LogP) is 0.958. The molecule has 88 valence electrons. The number of benzene rings is 1. The molecule has 0 aliphatic carbocycles. The smallest absolute Gasteiger partial charge is 0.313 e. The second-order valence-corrected chi connectivity index (χ2v) is 3.14. The highest BCUT2D eigenvalue weighted by Gasteiger charge is 2.18. The van der Waals surface area contributed by atoms with Crippen LogP contribution in [0, 0.1) is 10.1 Å². The molecule has 1 aromatic carbocycles. The molecule has 2 aromatic rings. The summed E-state index contributed by atoms with van der Waals surface area (Å²) in [4.78, 5) is 17.3. The Bertz CT molecular complexity index is 613. The molecule has 0 fully saturated rings. The molecule has 0 spiro atoms. The highest BCUT2D eigenvalue weighted by Crippen LogP contribution is 2.32. The summed E-state index contributed by atoms with van der Waals surface area (Å²) in [7, 11) is 1.28. The minimum atomic E-state index is -0.683. The molecule has 0 unspecified atom stereocenters. The highest BCUT2D eigenvalue weighted by atomic mass is 16.6. The number of hydrogen-bond donors (Lipinski definition) is 2. The standard InChI is InChI=1S/C9H7N3O5/c1-17-7-3-5-4(2-6(7)12(15)16)10-8(13)9(14)11-5/h2-3H,1H3,(H,10,13)(H,11,14). The number of nitrogens with zero attached hydrogens (tertiary/aromatic N) is 3. The molecular formula is C9H7N3O5. The minimum Gasteiger partial charge on any atom is -0.490 e. The lowest BCUT2D eigenvalue weighted by atomic mass is 10.2. The van der Waals surface area contributed by atoms with Crippen LogP contribution in [0.2, 0.25) is 0 Å². The summed E-state index contributed by atoms with van der Waals surface area (Å²) in [6.45, 7) is 0. The van der Waals surface area contributed by atoms with E-state index < -0.39 is 16.7 Å². The summed E-state index contributed by atoms with van der Waals surface area (Å²) in [5, 5.41) is 29.1. The number of rotatable bonds is 2. The average molecular weight is 237 g/mol. The molecule has 0 amide bonds. The Hall–Kier alpha value is -2.64. The van der Waals surface area contributed by atoms with Crippen LogP contribution in [-0.4, -0.2) is 32.2 Å². The molecule has 0 saturated carbocycles. The number of aromatic hydroxyl groups is 2. The Kier molecular flexibility index (Phi) is 2.39. The molecule has 0 saturated heterocycles.